The van der Waals surface area contributed by atoms with E-state index in [9.17, 15) is 0 Å². The van der Waals surface area contributed by atoms with Gasteiger partial charge in [0.05, 0.1) is 9.26 Å². The summed E-state index contributed by atoms with van der Waals surface area (Å²) in [7, 11) is 1.79. The van der Waals surface area contributed by atoms with E-state index in [1.54, 1.807) is 7.11 Å². The normalized spacial score (nSPS) is 22.6. The zero-order valence-electron chi connectivity index (χ0n) is 11.8. The molecule has 3 nitrogen and oxygen atoms in total. The van der Waals surface area contributed by atoms with Crippen LogP contribution >= 0.6 is 34.2 Å². The standard InChI is InChI=1S/C15H20ClIN2O/c1-20-15(8-4-2-3-5-9-15)14-18-12(10-6-7-10)11(17)13(16)19-14/h10H,2-9H2,1H3. The van der Waals surface area contributed by atoms with Crippen LogP contribution in [0.2, 0.25) is 5.15 Å². The zero-order chi connectivity index (χ0) is 14.2. The van der Waals surface area contributed by atoms with Crippen LogP contribution in [0.25, 0.3) is 0 Å². The maximum absolute atomic E-state index is 6.36. The number of methoxy groups -OCH3 is 1. The Balaban J connectivity index is 2.02. The van der Waals surface area contributed by atoms with Crippen molar-refractivity contribution in [1.29, 1.82) is 0 Å². The van der Waals surface area contributed by atoms with E-state index in [0.717, 1.165) is 27.9 Å². The van der Waals surface area contributed by atoms with E-state index in [1.165, 1.54) is 38.5 Å². The summed E-state index contributed by atoms with van der Waals surface area (Å²) < 4.78 is 6.93. The molecule has 0 radical (unpaired) electrons. The van der Waals surface area contributed by atoms with Gasteiger partial charge in [-0.1, -0.05) is 37.3 Å². The minimum atomic E-state index is -0.325. The van der Waals surface area contributed by atoms with Gasteiger partial charge in [0.1, 0.15) is 10.8 Å². The fraction of sp³-hybridized carbons (Fsp3) is 0.733. The molecule has 1 aromatic rings. The van der Waals surface area contributed by atoms with Crippen LogP contribution in [-0.2, 0) is 10.3 Å². The van der Waals surface area contributed by atoms with Gasteiger partial charge >= 0.3 is 0 Å². The molecule has 0 unspecified atom stereocenters. The average Bonchev–Trinajstić information content (AvgIpc) is 3.27. The molecule has 0 amide bonds. The van der Waals surface area contributed by atoms with Crippen LogP contribution < -0.4 is 0 Å². The van der Waals surface area contributed by atoms with Crippen LogP contribution in [0.3, 0.4) is 0 Å². The van der Waals surface area contributed by atoms with Crippen molar-refractivity contribution >= 4 is 34.2 Å². The van der Waals surface area contributed by atoms with Gasteiger partial charge in [-0.2, -0.15) is 0 Å². The third kappa shape index (κ3) is 2.83. The van der Waals surface area contributed by atoms with E-state index < -0.39 is 0 Å². The molecule has 1 heterocycles. The lowest BCUT2D eigenvalue weighted by molar-refractivity contribution is -0.0353. The fourth-order valence-electron chi connectivity index (χ4n) is 3.09. The van der Waals surface area contributed by atoms with Gasteiger partial charge in [0, 0.05) is 13.0 Å². The summed E-state index contributed by atoms with van der Waals surface area (Å²) in [5, 5.41) is 0.596. The van der Waals surface area contributed by atoms with Gasteiger partial charge in [-0.3, -0.25) is 0 Å². The first-order valence-electron chi connectivity index (χ1n) is 7.45. The third-order valence-corrected chi connectivity index (χ3v) is 6.17. The van der Waals surface area contributed by atoms with Gasteiger partial charge in [0.2, 0.25) is 0 Å². The lowest BCUT2D eigenvalue weighted by Crippen LogP contribution is -2.31. The van der Waals surface area contributed by atoms with Crippen molar-refractivity contribution in [3.8, 4) is 0 Å². The van der Waals surface area contributed by atoms with E-state index in [2.05, 4.69) is 27.6 Å². The Morgan fingerprint density at radius 3 is 2.35 bits per heavy atom. The molecule has 110 valence electrons. The molecular weight excluding hydrogens is 387 g/mol. The molecule has 5 heteroatoms. The van der Waals surface area contributed by atoms with Gasteiger partial charge in [0.25, 0.3) is 0 Å². The molecule has 2 aliphatic rings. The second kappa shape index (κ2) is 6.05. The van der Waals surface area contributed by atoms with Crippen molar-refractivity contribution in [2.75, 3.05) is 7.11 Å². The molecule has 0 atom stereocenters. The molecule has 0 N–H and O–H groups in total. The quantitative estimate of drug-likeness (QED) is 0.410. The smallest absolute Gasteiger partial charge is 0.162 e. The number of rotatable bonds is 3. The minimum Gasteiger partial charge on any atom is -0.370 e. The summed E-state index contributed by atoms with van der Waals surface area (Å²) in [6, 6.07) is 0. The Bertz CT molecular complexity index is 497. The van der Waals surface area contributed by atoms with Crippen LogP contribution in [-0.4, -0.2) is 17.1 Å². The molecule has 2 saturated carbocycles. The molecule has 0 aromatic carbocycles. The first-order valence-corrected chi connectivity index (χ1v) is 8.90. The van der Waals surface area contributed by atoms with Crippen molar-refractivity contribution in [2.24, 2.45) is 0 Å². The first-order chi connectivity index (χ1) is 9.66. The fourth-order valence-corrected chi connectivity index (χ4v) is 3.94. The summed E-state index contributed by atoms with van der Waals surface area (Å²) in [5.41, 5.74) is 0.815. The molecule has 2 aliphatic carbocycles. The molecule has 0 saturated heterocycles. The van der Waals surface area contributed by atoms with Crippen molar-refractivity contribution in [2.45, 2.75) is 62.9 Å². The van der Waals surface area contributed by atoms with Gasteiger partial charge in [0.15, 0.2) is 5.82 Å². The first kappa shape index (κ1) is 15.0. The van der Waals surface area contributed by atoms with Gasteiger partial charge < -0.3 is 4.74 Å². The molecule has 0 aliphatic heterocycles. The maximum atomic E-state index is 6.36. The summed E-state index contributed by atoms with van der Waals surface area (Å²) in [4.78, 5) is 9.45. The van der Waals surface area contributed by atoms with E-state index in [-0.39, 0.29) is 5.60 Å². The molecule has 20 heavy (non-hydrogen) atoms. The molecule has 0 bridgehead atoms. The SMILES string of the molecule is COC1(c2nc(Cl)c(I)c(C3CC3)n2)CCCCCC1. The molecular formula is C15H20ClIN2O. The zero-order valence-corrected chi connectivity index (χ0v) is 14.7. The Morgan fingerprint density at radius 2 is 1.80 bits per heavy atom. The van der Waals surface area contributed by atoms with Gasteiger partial charge in [-0.15, -0.1) is 0 Å². The highest BCUT2D eigenvalue weighted by Gasteiger charge is 2.38. The summed E-state index contributed by atoms with van der Waals surface area (Å²) in [6.07, 6.45) is 9.37. The Kier molecular flexibility index (Phi) is 4.53. The lowest BCUT2D eigenvalue weighted by Gasteiger charge is -2.30. The van der Waals surface area contributed by atoms with Crippen LogP contribution in [0, 0.1) is 3.57 Å². The van der Waals surface area contributed by atoms with Crippen molar-refractivity contribution < 1.29 is 4.74 Å². The number of hydrogen-bond acceptors (Lipinski definition) is 3. The number of aromatic nitrogens is 2. The highest BCUT2D eigenvalue weighted by Crippen LogP contribution is 2.44. The second-order valence-electron chi connectivity index (χ2n) is 5.92. The Morgan fingerprint density at radius 1 is 1.15 bits per heavy atom. The van der Waals surface area contributed by atoms with Gasteiger partial charge in [-0.25, -0.2) is 9.97 Å². The largest absolute Gasteiger partial charge is 0.370 e. The highest BCUT2D eigenvalue weighted by molar-refractivity contribution is 14.1. The summed E-state index contributed by atoms with van der Waals surface area (Å²) in [6.45, 7) is 0. The van der Waals surface area contributed by atoms with Crippen molar-refractivity contribution in [3.05, 3.63) is 20.2 Å². The molecule has 3 rings (SSSR count). The number of hydrogen-bond donors (Lipinski definition) is 0. The van der Waals surface area contributed by atoms with Crippen LogP contribution in [0.15, 0.2) is 0 Å². The lowest BCUT2D eigenvalue weighted by atomic mass is 9.93. The summed E-state index contributed by atoms with van der Waals surface area (Å²) >= 11 is 8.63. The third-order valence-electron chi connectivity index (χ3n) is 4.51. The predicted molar refractivity (Wildman–Crippen MR) is 88.1 cm³/mol. The van der Waals surface area contributed by atoms with Crippen molar-refractivity contribution in [1.82, 2.24) is 9.97 Å². The molecule has 1 aromatic heterocycles. The monoisotopic (exact) mass is 406 g/mol. The Hall–Kier alpha value is 0.0600. The molecule has 0 spiro atoms. The highest BCUT2D eigenvalue weighted by atomic mass is 127. The van der Waals surface area contributed by atoms with Crippen LogP contribution in [0.1, 0.15) is 68.8 Å². The maximum Gasteiger partial charge on any atom is 0.162 e. The average molecular weight is 407 g/mol. The number of ether oxygens (including phenoxy) is 1. The minimum absolute atomic E-state index is 0.325. The number of halogens is 2. The topological polar surface area (TPSA) is 35.0 Å². The van der Waals surface area contributed by atoms with E-state index in [1.807, 2.05) is 0 Å². The van der Waals surface area contributed by atoms with Crippen LogP contribution in [0.5, 0.6) is 0 Å². The predicted octanol–water partition coefficient (Wildman–Crippen LogP) is 4.81. The van der Waals surface area contributed by atoms with E-state index in [4.69, 9.17) is 21.3 Å². The molecule has 2 fully saturated rings. The van der Waals surface area contributed by atoms with Crippen molar-refractivity contribution in [3.63, 3.8) is 0 Å². The Labute approximate surface area is 139 Å². The van der Waals surface area contributed by atoms with Crippen LogP contribution in [0.4, 0.5) is 0 Å². The summed E-state index contributed by atoms with van der Waals surface area (Å²) in [5.74, 6) is 1.40. The second-order valence-corrected chi connectivity index (χ2v) is 7.36. The van der Waals surface area contributed by atoms with Gasteiger partial charge in [-0.05, 0) is 48.3 Å². The van der Waals surface area contributed by atoms with E-state index >= 15 is 0 Å². The van der Waals surface area contributed by atoms with E-state index in [0.29, 0.717) is 11.1 Å². The number of nitrogens with zero attached hydrogens (tertiary/aromatic N) is 2.